The molecule has 0 fully saturated rings. The molecule has 0 spiro atoms. The fourth-order valence-electron chi connectivity index (χ4n) is 3.73. The van der Waals surface area contributed by atoms with Gasteiger partial charge in [0.25, 0.3) is 0 Å². The number of hydrogen-bond acceptors (Lipinski definition) is 1. The lowest BCUT2D eigenvalue weighted by Crippen LogP contribution is -2.12. The summed E-state index contributed by atoms with van der Waals surface area (Å²) in [5, 5.41) is 0. The van der Waals surface area contributed by atoms with Crippen LogP contribution < -0.4 is 5.73 Å². The standard InChI is InChI=1S/C24H43N/c1-2-3-4-5-6-7-8-9-10-11-12-13-14-16-21-24(22-25)23-19-17-15-18-20-23/h15,17-20,24H,2-14,16,21-22,25H2,1H3. The molecule has 0 heterocycles. The van der Waals surface area contributed by atoms with Crippen LogP contribution in [0.4, 0.5) is 0 Å². The Balaban J connectivity index is 1.85. The second-order valence-electron chi connectivity index (χ2n) is 7.73. The number of hydrogen-bond donors (Lipinski definition) is 1. The maximum Gasteiger partial charge on any atom is -0.000824 e. The summed E-state index contributed by atoms with van der Waals surface area (Å²) in [5.74, 6) is 0.554. The van der Waals surface area contributed by atoms with E-state index in [0.717, 1.165) is 6.54 Å². The molecule has 0 bridgehead atoms. The number of benzene rings is 1. The van der Waals surface area contributed by atoms with Crippen LogP contribution in [0.25, 0.3) is 0 Å². The van der Waals surface area contributed by atoms with E-state index in [0.29, 0.717) is 5.92 Å². The average Bonchev–Trinajstić information content (AvgIpc) is 2.66. The highest BCUT2D eigenvalue weighted by atomic mass is 14.5. The van der Waals surface area contributed by atoms with Gasteiger partial charge in [0.2, 0.25) is 0 Å². The highest BCUT2D eigenvalue weighted by Gasteiger charge is 2.08. The summed E-state index contributed by atoms with van der Waals surface area (Å²) in [6, 6.07) is 10.8. The van der Waals surface area contributed by atoms with Crippen LogP contribution in [0.3, 0.4) is 0 Å². The third-order valence-electron chi connectivity index (χ3n) is 5.46. The fraction of sp³-hybridized carbons (Fsp3) is 0.750. The van der Waals surface area contributed by atoms with Crippen molar-refractivity contribution in [2.24, 2.45) is 5.73 Å². The summed E-state index contributed by atoms with van der Waals surface area (Å²) in [7, 11) is 0. The van der Waals surface area contributed by atoms with E-state index in [4.69, 9.17) is 5.73 Å². The van der Waals surface area contributed by atoms with Gasteiger partial charge in [-0.2, -0.15) is 0 Å². The lowest BCUT2D eigenvalue weighted by atomic mass is 9.93. The number of unbranched alkanes of at least 4 members (excludes halogenated alkanes) is 13. The van der Waals surface area contributed by atoms with Crippen LogP contribution >= 0.6 is 0 Å². The molecule has 1 nitrogen and oxygen atoms in total. The molecule has 1 atom stereocenters. The van der Waals surface area contributed by atoms with E-state index in [-0.39, 0.29) is 0 Å². The van der Waals surface area contributed by atoms with E-state index >= 15 is 0 Å². The first-order valence-corrected chi connectivity index (χ1v) is 11.1. The largest absolute Gasteiger partial charge is 0.330 e. The van der Waals surface area contributed by atoms with Crippen LogP contribution in [0.2, 0.25) is 0 Å². The minimum atomic E-state index is 0.554. The zero-order valence-electron chi connectivity index (χ0n) is 16.9. The van der Waals surface area contributed by atoms with Crippen LogP contribution in [0.5, 0.6) is 0 Å². The first-order valence-electron chi connectivity index (χ1n) is 11.1. The molecular formula is C24H43N. The van der Waals surface area contributed by atoms with Gasteiger partial charge in [0.05, 0.1) is 0 Å². The second-order valence-corrected chi connectivity index (χ2v) is 7.73. The van der Waals surface area contributed by atoms with Crippen molar-refractivity contribution in [2.75, 3.05) is 6.54 Å². The summed E-state index contributed by atoms with van der Waals surface area (Å²) >= 11 is 0. The zero-order valence-corrected chi connectivity index (χ0v) is 16.9. The molecule has 1 unspecified atom stereocenters. The Labute approximate surface area is 157 Å². The molecule has 1 rings (SSSR count). The van der Waals surface area contributed by atoms with Crippen LogP contribution in [0, 0.1) is 0 Å². The van der Waals surface area contributed by atoms with Gasteiger partial charge in [-0.3, -0.25) is 0 Å². The van der Waals surface area contributed by atoms with Crippen molar-refractivity contribution >= 4 is 0 Å². The molecule has 1 heteroatoms. The molecule has 0 aliphatic heterocycles. The topological polar surface area (TPSA) is 26.0 Å². The van der Waals surface area contributed by atoms with Crippen molar-refractivity contribution < 1.29 is 0 Å². The quantitative estimate of drug-likeness (QED) is 0.289. The highest BCUT2D eigenvalue weighted by Crippen LogP contribution is 2.21. The van der Waals surface area contributed by atoms with Gasteiger partial charge in [0.15, 0.2) is 0 Å². The van der Waals surface area contributed by atoms with Gasteiger partial charge < -0.3 is 5.73 Å². The van der Waals surface area contributed by atoms with Crippen molar-refractivity contribution in [3.05, 3.63) is 35.9 Å². The van der Waals surface area contributed by atoms with E-state index in [1.807, 2.05) is 0 Å². The average molecular weight is 346 g/mol. The minimum Gasteiger partial charge on any atom is -0.330 e. The van der Waals surface area contributed by atoms with Crippen molar-refractivity contribution in [1.82, 2.24) is 0 Å². The van der Waals surface area contributed by atoms with Crippen LogP contribution in [-0.2, 0) is 0 Å². The summed E-state index contributed by atoms with van der Waals surface area (Å²) in [5.41, 5.74) is 7.38. The van der Waals surface area contributed by atoms with Crippen molar-refractivity contribution in [3.8, 4) is 0 Å². The minimum absolute atomic E-state index is 0.554. The predicted octanol–water partition coefficient (Wildman–Crippen LogP) is 7.60. The molecule has 1 aromatic carbocycles. The van der Waals surface area contributed by atoms with Gasteiger partial charge in [0, 0.05) is 0 Å². The van der Waals surface area contributed by atoms with E-state index in [2.05, 4.69) is 37.3 Å². The third kappa shape index (κ3) is 12.2. The van der Waals surface area contributed by atoms with Gasteiger partial charge in [-0.1, -0.05) is 127 Å². The number of nitrogens with two attached hydrogens (primary N) is 1. The number of rotatable bonds is 17. The molecule has 25 heavy (non-hydrogen) atoms. The summed E-state index contributed by atoms with van der Waals surface area (Å²) in [6.07, 6.45) is 21.2. The Morgan fingerprint density at radius 1 is 0.640 bits per heavy atom. The van der Waals surface area contributed by atoms with Crippen molar-refractivity contribution in [2.45, 2.75) is 109 Å². The van der Waals surface area contributed by atoms with E-state index in [9.17, 15) is 0 Å². The molecule has 144 valence electrons. The van der Waals surface area contributed by atoms with Crippen LogP contribution in [-0.4, -0.2) is 6.54 Å². The smallest absolute Gasteiger partial charge is 0.000824 e. The van der Waals surface area contributed by atoms with Crippen molar-refractivity contribution in [1.29, 1.82) is 0 Å². The molecule has 0 aliphatic carbocycles. The Hall–Kier alpha value is -0.820. The Kier molecular flexibility index (Phi) is 14.8. The SMILES string of the molecule is CCCCCCCCCCCCCCCCC(CN)c1ccccc1. The Morgan fingerprint density at radius 3 is 1.52 bits per heavy atom. The lowest BCUT2D eigenvalue weighted by Gasteiger charge is -2.14. The monoisotopic (exact) mass is 345 g/mol. The first-order chi connectivity index (χ1) is 12.4. The molecular weight excluding hydrogens is 302 g/mol. The summed E-state index contributed by atoms with van der Waals surface area (Å²) in [4.78, 5) is 0. The molecule has 0 saturated heterocycles. The first kappa shape index (κ1) is 22.2. The normalized spacial score (nSPS) is 12.4. The van der Waals surface area contributed by atoms with Gasteiger partial charge in [-0.05, 0) is 24.4 Å². The summed E-state index contributed by atoms with van der Waals surface area (Å²) < 4.78 is 0. The Bertz CT molecular complexity index is 373. The van der Waals surface area contributed by atoms with E-state index in [1.165, 1.54) is 102 Å². The highest BCUT2D eigenvalue weighted by molar-refractivity contribution is 5.19. The van der Waals surface area contributed by atoms with Gasteiger partial charge in [-0.25, -0.2) is 0 Å². The van der Waals surface area contributed by atoms with Gasteiger partial charge >= 0.3 is 0 Å². The van der Waals surface area contributed by atoms with Crippen molar-refractivity contribution in [3.63, 3.8) is 0 Å². The molecule has 0 amide bonds. The van der Waals surface area contributed by atoms with Crippen LogP contribution in [0.15, 0.2) is 30.3 Å². The molecule has 2 N–H and O–H groups in total. The maximum atomic E-state index is 5.96. The summed E-state index contributed by atoms with van der Waals surface area (Å²) in [6.45, 7) is 3.07. The lowest BCUT2D eigenvalue weighted by molar-refractivity contribution is 0.519. The van der Waals surface area contributed by atoms with Gasteiger partial charge in [0.1, 0.15) is 0 Å². The second kappa shape index (κ2) is 16.6. The molecule has 0 radical (unpaired) electrons. The molecule has 1 aromatic rings. The predicted molar refractivity (Wildman–Crippen MR) is 113 cm³/mol. The van der Waals surface area contributed by atoms with E-state index < -0.39 is 0 Å². The molecule has 0 aliphatic rings. The van der Waals surface area contributed by atoms with E-state index in [1.54, 1.807) is 0 Å². The molecule has 0 saturated carbocycles. The third-order valence-corrected chi connectivity index (χ3v) is 5.46. The zero-order chi connectivity index (χ0) is 18.0. The maximum absolute atomic E-state index is 5.96. The Morgan fingerprint density at radius 2 is 1.08 bits per heavy atom. The van der Waals surface area contributed by atoms with Crippen LogP contribution in [0.1, 0.15) is 115 Å². The fourth-order valence-corrected chi connectivity index (χ4v) is 3.73. The van der Waals surface area contributed by atoms with Gasteiger partial charge in [-0.15, -0.1) is 0 Å². The molecule has 0 aromatic heterocycles.